The van der Waals surface area contributed by atoms with Crippen LogP contribution in [0.2, 0.25) is 0 Å². The van der Waals surface area contributed by atoms with E-state index in [9.17, 15) is 39.3 Å². The van der Waals surface area contributed by atoms with Crippen LogP contribution in [-0.2, 0) is 30.4 Å². The highest BCUT2D eigenvalue weighted by Gasteiger charge is 2.31. The van der Waals surface area contributed by atoms with E-state index in [0.717, 1.165) is 0 Å². The third-order valence-electron chi connectivity index (χ3n) is 5.40. The molecule has 0 saturated carbocycles. The number of benzene rings is 1. The minimum absolute atomic E-state index is 0.0353. The molecule has 0 aliphatic carbocycles. The Labute approximate surface area is 202 Å². The summed E-state index contributed by atoms with van der Waals surface area (Å²) in [5.41, 5.74) is 11.4. The highest BCUT2D eigenvalue weighted by molar-refractivity contribution is 5.95. The Hall–Kier alpha value is -3.71. The quantitative estimate of drug-likeness (QED) is 0.138. The fourth-order valence-electron chi connectivity index (χ4n) is 3.00. The van der Waals surface area contributed by atoms with Crippen LogP contribution in [0.5, 0.6) is 5.75 Å². The molecule has 0 aromatic heterocycles. The van der Waals surface area contributed by atoms with Gasteiger partial charge in [-0.25, -0.2) is 4.79 Å². The van der Waals surface area contributed by atoms with Crippen molar-refractivity contribution >= 4 is 29.6 Å². The molecule has 194 valence electrons. The van der Waals surface area contributed by atoms with E-state index in [1.165, 1.54) is 24.3 Å². The summed E-state index contributed by atoms with van der Waals surface area (Å²) in [6.07, 6.45) is -0.210. The number of carbonyl (C=O) groups is 5. The van der Waals surface area contributed by atoms with Gasteiger partial charge < -0.3 is 42.7 Å². The number of amides is 4. The van der Waals surface area contributed by atoms with E-state index in [1.54, 1.807) is 6.92 Å². The van der Waals surface area contributed by atoms with E-state index >= 15 is 0 Å². The number of aromatic hydroxyl groups is 1. The first kappa shape index (κ1) is 29.3. The summed E-state index contributed by atoms with van der Waals surface area (Å²) in [6, 6.07) is 0.305. The number of carboxylic acid groups (broad SMARTS) is 1. The van der Waals surface area contributed by atoms with E-state index in [1.807, 2.05) is 6.92 Å². The first-order valence-corrected chi connectivity index (χ1v) is 11.0. The Kier molecular flexibility index (Phi) is 11.6. The maximum atomic E-state index is 12.9. The number of phenols is 1. The Morgan fingerprint density at radius 2 is 1.43 bits per heavy atom. The minimum atomic E-state index is -1.64. The number of hydrogen-bond acceptors (Lipinski definition) is 8. The lowest BCUT2D eigenvalue weighted by molar-refractivity contribution is -0.143. The van der Waals surface area contributed by atoms with E-state index in [4.69, 9.17) is 11.5 Å². The van der Waals surface area contributed by atoms with Crippen molar-refractivity contribution in [2.24, 2.45) is 17.4 Å². The normalized spacial score (nSPS) is 15.1. The molecule has 5 unspecified atom stereocenters. The molecule has 5 atom stereocenters. The van der Waals surface area contributed by atoms with Crippen LogP contribution in [0.25, 0.3) is 0 Å². The average molecular weight is 496 g/mol. The average Bonchev–Trinajstić information content (AvgIpc) is 2.81. The Balaban J connectivity index is 3.08. The number of aliphatic hydroxyl groups excluding tert-OH is 1. The maximum absolute atomic E-state index is 12.9. The van der Waals surface area contributed by atoms with Crippen molar-refractivity contribution in [2.75, 3.05) is 6.61 Å². The lowest BCUT2D eigenvalue weighted by Crippen LogP contribution is -2.59. The molecule has 10 N–H and O–H groups in total. The zero-order valence-corrected chi connectivity index (χ0v) is 19.6. The molecule has 0 bridgehead atoms. The van der Waals surface area contributed by atoms with Crippen molar-refractivity contribution in [1.29, 1.82) is 0 Å². The van der Waals surface area contributed by atoms with Gasteiger partial charge in [0.2, 0.25) is 23.6 Å². The largest absolute Gasteiger partial charge is 0.508 e. The minimum Gasteiger partial charge on any atom is -0.508 e. The zero-order chi connectivity index (χ0) is 26.7. The third-order valence-corrected chi connectivity index (χ3v) is 5.40. The number of phenolic OH excluding ortho intramolecular Hbond substituents is 1. The number of carbonyl (C=O) groups excluding carboxylic acids is 4. The molecule has 13 heteroatoms. The number of carboxylic acids is 1. The highest BCUT2D eigenvalue weighted by atomic mass is 16.4. The van der Waals surface area contributed by atoms with Gasteiger partial charge in [-0.1, -0.05) is 32.4 Å². The van der Waals surface area contributed by atoms with Crippen molar-refractivity contribution in [1.82, 2.24) is 16.0 Å². The summed E-state index contributed by atoms with van der Waals surface area (Å²) in [7, 11) is 0. The molecule has 0 aliphatic heterocycles. The Bertz CT molecular complexity index is 908. The third kappa shape index (κ3) is 9.59. The van der Waals surface area contributed by atoms with Gasteiger partial charge in [0.15, 0.2) is 0 Å². The van der Waals surface area contributed by atoms with E-state index in [2.05, 4.69) is 16.0 Å². The predicted octanol–water partition coefficient (Wildman–Crippen LogP) is -2.29. The molecular weight excluding hydrogens is 462 g/mol. The van der Waals surface area contributed by atoms with Crippen LogP contribution >= 0.6 is 0 Å². The predicted molar refractivity (Wildman–Crippen MR) is 124 cm³/mol. The van der Waals surface area contributed by atoms with Crippen molar-refractivity contribution in [2.45, 2.75) is 57.3 Å². The molecule has 13 nitrogen and oxygen atoms in total. The smallest absolute Gasteiger partial charge is 0.326 e. The molecule has 0 heterocycles. The molecular formula is C22H33N5O8. The monoisotopic (exact) mass is 495 g/mol. The summed E-state index contributed by atoms with van der Waals surface area (Å²) in [4.78, 5) is 60.5. The molecule has 4 amide bonds. The van der Waals surface area contributed by atoms with E-state index in [-0.39, 0.29) is 18.1 Å². The number of nitrogens with two attached hydrogens (primary N) is 2. The number of rotatable bonds is 14. The zero-order valence-electron chi connectivity index (χ0n) is 19.6. The SMILES string of the molecule is CCC(C)C(N)C(=O)NC(CO)C(=O)NC(Cc1ccc(O)cc1)C(=O)NC(CC(N)=O)C(=O)O. The number of primary amides is 1. The number of hydrogen-bond donors (Lipinski definition) is 8. The van der Waals surface area contributed by atoms with Crippen LogP contribution in [0.4, 0.5) is 0 Å². The molecule has 1 aromatic carbocycles. The molecule has 0 saturated heterocycles. The van der Waals surface area contributed by atoms with Gasteiger partial charge >= 0.3 is 5.97 Å². The molecule has 35 heavy (non-hydrogen) atoms. The maximum Gasteiger partial charge on any atom is 0.326 e. The van der Waals surface area contributed by atoms with Crippen LogP contribution in [-0.4, -0.2) is 75.7 Å². The van der Waals surface area contributed by atoms with Crippen molar-refractivity contribution < 1.29 is 39.3 Å². The molecule has 0 fully saturated rings. The van der Waals surface area contributed by atoms with Crippen LogP contribution in [0.1, 0.15) is 32.3 Å². The highest BCUT2D eigenvalue weighted by Crippen LogP contribution is 2.12. The van der Waals surface area contributed by atoms with Crippen molar-refractivity contribution in [3.63, 3.8) is 0 Å². The molecule has 1 rings (SSSR count). The fourth-order valence-corrected chi connectivity index (χ4v) is 3.00. The van der Waals surface area contributed by atoms with Gasteiger partial charge in [0.05, 0.1) is 19.1 Å². The first-order chi connectivity index (χ1) is 16.4. The first-order valence-electron chi connectivity index (χ1n) is 11.0. The summed E-state index contributed by atoms with van der Waals surface area (Å²) >= 11 is 0. The van der Waals surface area contributed by atoms with E-state index in [0.29, 0.717) is 12.0 Å². The van der Waals surface area contributed by atoms with Crippen molar-refractivity contribution in [3.05, 3.63) is 29.8 Å². The molecule has 0 radical (unpaired) electrons. The lowest BCUT2D eigenvalue weighted by atomic mass is 9.99. The molecule has 0 spiro atoms. The second-order valence-electron chi connectivity index (χ2n) is 8.16. The number of nitrogens with one attached hydrogen (secondary N) is 3. The fraction of sp³-hybridized carbons (Fsp3) is 0.500. The second kappa shape index (κ2) is 13.9. The summed E-state index contributed by atoms with van der Waals surface area (Å²) in [5, 5.41) is 35.2. The van der Waals surface area contributed by atoms with Crippen LogP contribution in [0, 0.1) is 5.92 Å². The second-order valence-corrected chi connectivity index (χ2v) is 8.16. The lowest BCUT2D eigenvalue weighted by Gasteiger charge is -2.25. The van der Waals surface area contributed by atoms with Gasteiger partial charge in [-0.05, 0) is 23.6 Å². The molecule has 0 aliphatic rings. The Morgan fingerprint density at radius 1 is 0.914 bits per heavy atom. The Morgan fingerprint density at radius 3 is 1.91 bits per heavy atom. The van der Waals surface area contributed by atoms with Gasteiger partial charge in [0.25, 0.3) is 0 Å². The number of aliphatic hydroxyl groups is 1. The van der Waals surface area contributed by atoms with Gasteiger partial charge in [-0.3, -0.25) is 19.2 Å². The van der Waals surface area contributed by atoms with Gasteiger partial charge in [-0.2, -0.15) is 0 Å². The van der Waals surface area contributed by atoms with Gasteiger partial charge in [0, 0.05) is 6.42 Å². The summed E-state index contributed by atoms with van der Waals surface area (Å²) in [5.74, 6) is -5.22. The summed E-state index contributed by atoms with van der Waals surface area (Å²) in [6.45, 7) is 2.79. The standard InChI is InChI=1S/C22H33N5O8/c1-3-11(2)18(24)21(33)27-16(10-28)20(32)25-14(8-12-4-6-13(29)7-5-12)19(31)26-15(22(34)35)9-17(23)30/h4-7,11,14-16,18,28-29H,3,8-10,24H2,1-2H3,(H2,23,30)(H,25,32)(H,26,31)(H,27,33)(H,34,35). The molecule has 1 aromatic rings. The summed E-state index contributed by atoms with van der Waals surface area (Å²) < 4.78 is 0. The van der Waals surface area contributed by atoms with Crippen LogP contribution in [0.15, 0.2) is 24.3 Å². The van der Waals surface area contributed by atoms with Crippen molar-refractivity contribution in [3.8, 4) is 5.75 Å². The van der Waals surface area contributed by atoms with Gasteiger partial charge in [-0.15, -0.1) is 0 Å². The van der Waals surface area contributed by atoms with E-state index < -0.39 is 66.8 Å². The van der Waals surface area contributed by atoms with Crippen LogP contribution in [0.3, 0.4) is 0 Å². The van der Waals surface area contributed by atoms with Gasteiger partial charge in [0.1, 0.15) is 23.9 Å². The van der Waals surface area contributed by atoms with Crippen LogP contribution < -0.4 is 27.4 Å². The topological polar surface area (TPSA) is 234 Å². The number of aliphatic carboxylic acids is 1.